The second-order valence-corrected chi connectivity index (χ2v) is 5.58. The zero-order valence-electron chi connectivity index (χ0n) is 9.04. The first-order valence-electron chi connectivity index (χ1n) is 4.55. The van der Waals surface area contributed by atoms with Gasteiger partial charge in [-0.2, -0.15) is 0 Å². The molecule has 2 heteroatoms. The van der Waals surface area contributed by atoms with Crippen LogP contribution in [0, 0.1) is 0 Å². The van der Waals surface area contributed by atoms with E-state index >= 15 is 0 Å². The van der Waals surface area contributed by atoms with E-state index in [0.29, 0.717) is 6.61 Å². The topological polar surface area (TPSA) is 9.23 Å². The molecular formula is C12H17OS+. The summed E-state index contributed by atoms with van der Waals surface area (Å²) in [5, 5.41) is 0. The molecule has 76 valence electrons. The number of rotatable bonds is 4. The number of hydrogen-bond donors (Lipinski definition) is 0. The third-order valence-corrected chi connectivity index (χ3v) is 2.98. The Morgan fingerprint density at radius 1 is 1.36 bits per heavy atom. The lowest BCUT2D eigenvalue weighted by Crippen LogP contribution is -2.03. The van der Waals surface area contributed by atoms with Crippen LogP contribution in [-0.4, -0.2) is 19.1 Å². The van der Waals surface area contributed by atoms with Crippen molar-refractivity contribution in [1.29, 1.82) is 0 Å². The van der Waals surface area contributed by atoms with Gasteiger partial charge in [-0.25, -0.2) is 0 Å². The van der Waals surface area contributed by atoms with Gasteiger partial charge in [-0.1, -0.05) is 18.7 Å². The van der Waals surface area contributed by atoms with Crippen LogP contribution in [0.15, 0.2) is 41.3 Å². The summed E-state index contributed by atoms with van der Waals surface area (Å²) in [7, 11) is 0.240. The zero-order valence-corrected chi connectivity index (χ0v) is 9.86. The lowest BCUT2D eigenvalue weighted by atomic mass is 10.3. The summed E-state index contributed by atoms with van der Waals surface area (Å²) >= 11 is 0. The summed E-state index contributed by atoms with van der Waals surface area (Å²) < 4.78 is 5.67. The lowest BCUT2D eigenvalue weighted by Gasteiger charge is -2.08. The van der Waals surface area contributed by atoms with Crippen LogP contribution in [0.5, 0.6) is 5.75 Å². The van der Waals surface area contributed by atoms with Crippen LogP contribution >= 0.6 is 0 Å². The van der Waals surface area contributed by atoms with Gasteiger partial charge in [-0.3, -0.25) is 0 Å². The fourth-order valence-corrected chi connectivity index (χ4v) is 1.99. The zero-order chi connectivity index (χ0) is 10.6. The second kappa shape index (κ2) is 5.11. The molecule has 0 saturated carbocycles. The summed E-state index contributed by atoms with van der Waals surface area (Å²) in [6, 6.07) is 8.20. The highest BCUT2D eigenvalue weighted by molar-refractivity contribution is 7.95. The minimum absolute atomic E-state index is 0.240. The molecular weight excluding hydrogens is 192 g/mol. The smallest absolute Gasteiger partial charge is 0.196 e. The maximum Gasteiger partial charge on any atom is 0.196 e. The monoisotopic (exact) mass is 209 g/mol. The Morgan fingerprint density at radius 3 is 2.57 bits per heavy atom. The first-order valence-corrected chi connectivity index (χ1v) is 6.59. The molecule has 0 aliphatic heterocycles. The molecule has 1 aromatic carbocycles. The van der Waals surface area contributed by atoms with E-state index in [1.54, 1.807) is 0 Å². The van der Waals surface area contributed by atoms with E-state index in [4.69, 9.17) is 4.74 Å². The number of para-hydroxylation sites is 1. The van der Waals surface area contributed by atoms with E-state index < -0.39 is 0 Å². The first kappa shape index (κ1) is 11.2. The van der Waals surface area contributed by atoms with Crippen LogP contribution in [0.25, 0.3) is 0 Å². The van der Waals surface area contributed by atoms with Gasteiger partial charge in [-0.15, -0.1) is 0 Å². The van der Waals surface area contributed by atoms with E-state index in [1.807, 2.05) is 19.1 Å². The van der Waals surface area contributed by atoms with Gasteiger partial charge in [0.15, 0.2) is 10.6 Å². The average molecular weight is 209 g/mol. The molecule has 14 heavy (non-hydrogen) atoms. The van der Waals surface area contributed by atoms with Crippen molar-refractivity contribution in [3.8, 4) is 5.75 Å². The van der Waals surface area contributed by atoms with Gasteiger partial charge in [0.05, 0.1) is 0 Å². The van der Waals surface area contributed by atoms with Crippen LogP contribution in [0.2, 0.25) is 0 Å². The van der Waals surface area contributed by atoms with Gasteiger partial charge < -0.3 is 4.74 Å². The highest BCUT2D eigenvalue weighted by Crippen LogP contribution is 2.23. The standard InChI is InChI=1S/C12H17OS/c1-10(2)9-13-11-7-5-6-8-12(11)14(3)4/h5-8H,1,9H2,2-4H3/q+1. The highest BCUT2D eigenvalue weighted by Gasteiger charge is 2.14. The summed E-state index contributed by atoms with van der Waals surface area (Å²) in [5.41, 5.74) is 1.05. The minimum atomic E-state index is 0.240. The molecule has 0 atom stereocenters. The van der Waals surface area contributed by atoms with E-state index in [0.717, 1.165) is 11.3 Å². The maximum atomic E-state index is 5.67. The molecule has 0 unspecified atom stereocenters. The van der Waals surface area contributed by atoms with Crippen LogP contribution in [0.3, 0.4) is 0 Å². The van der Waals surface area contributed by atoms with Crippen molar-refractivity contribution < 1.29 is 4.74 Å². The molecule has 0 fully saturated rings. The Labute approximate surface area is 89.1 Å². The molecule has 0 saturated heterocycles. The van der Waals surface area contributed by atoms with Gasteiger partial charge in [-0.05, 0) is 24.6 Å². The van der Waals surface area contributed by atoms with Gasteiger partial charge in [0.1, 0.15) is 19.1 Å². The van der Waals surface area contributed by atoms with Gasteiger partial charge in [0.25, 0.3) is 0 Å². The molecule has 0 radical (unpaired) electrons. The normalized spacial score (nSPS) is 10.3. The van der Waals surface area contributed by atoms with Crippen molar-refractivity contribution in [2.45, 2.75) is 11.8 Å². The fourth-order valence-electron chi connectivity index (χ4n) is 1.11. The Balaban J connectivity index is 2.79. The largest absolute Gasteiger partial charge is 0.484 e. The molecule has 0 bridgehead atoms. The quantitative estimate of drug-likeness (QED) is 0.547. The Morgan fingerprint density at radius 2 is 2.00 bits per heavy atom. The van der Waals surface area contributed by atoms with Crippen LogP contribution in [-0.2, 0) is 10.9 Å². The maximum absolute atomic E-state index is 5.67. The molecule has 0 N–H and O–H groups in total. The average Bonchev–Trinajstić information content (AvgIpc) is 2.15. The van der Waals surface area contributed by atoms with Gasteiger partial charge in [0.2, 0.25) is 0 Å². The predicted molar refractivity (Wildman–Crippen MR) is 64.2 cm³/mol. The molecule has 1 rings (SSSR count). The van der Waals surface area contributed by atoms with Crippen LogP contribution in [0.1, 0.15) is 6.92 Å². The predicted octanol–water partition coefficient (Wildman–Crippen LogP) is 2.88. The summed E-state index contributed by atoms with van der Waals surface area (Å²) in [6.45, 7) is 6.40. The molecule has 0 aliphatic carbocycles. The lowest BCUT2D eigenvalue weighted by molar-refractivity contribution is 0.344. The van der Waals surface area contributed by atoms with E-state index in [2.05, 4.69) is 31.2 Å². The molecule has 1 nitrogen and oxygen atoms in total. The molecule has 0 amide bonds. The van der Waals surface area contributed by atoms with Crippen molar-refractivity contribution in [3.05, 3.63) is 36.4 Å². The van der Waals surface area contributed by atoms with Crippen molar-refractivity contribution in [2.75, 3.05) is 19.1 Å². The third-order valence-electron chi connectivity index (χ3n) is 1.76. The summed E-state index contributed by atoms with van der Waals surface area (Å²) in [6.07, 6.45) is 4.39. The van der Waals surface area contributed by atoms with Crippen LogP contribution in [0.4, 0.5) is 0 Å². The first-order chi connectivity index (χ1) is 6.61. The van der Waals surface area contributed by atoms with Crippen molar-refractivity contribution in [3.63, 3.8) is 0 Å². The SMILES string of the molecule is C=C(C)COc1ccccc1[S+](C)C. The van der Waals surface area contributed by atoms with E-state index in [1.165, 1.54) is 4.90 Å². The Bertz CT molecular complexity index is 318. The minimum Gasteiger partial charge on any atom is -0.484 e. The summed E-state index contributed by atoms with van der Waals surface area (Å²) in [4.78, 5) is 1.29. The molecule has 0 heterocycles. The van der Waals surface area contributed by atoms with Crippen molar-refractivity contribution in [1.82, 2.24) is 0 Å². The van der Waals surface area contributed by atoms with Crippen LogP contribution < -0.4 is 4.74 Å². The number of ether oxygens (including phenoxy) is 1. The number of benzene rings is 1. The molecule has 0 aliphatic rings. The Kier molecular flexibility index (Phi) is 4.08. The van der Waals surface area contributed by atoms with Gasteiger partial charge in [0, 0.05) is 10.9 Å². The van der Waals surface area contributed by atoms with Gasteiger partial charge >= 0.3 is 0 Å². The van der Waals surface area contributed by atoms with Crippen molar-refractivity contribution in [2.24, 2.45) is 0 Å². The molecule has 0 spiro atoms. The Hall–Kier alpha value is -0.890. The van der Waals surface area contributed by atoms with Crippen molar-refractivity contribution >= 4 is 10.9 Å². The second-order valence-electron chi connectivity index (χ2n) is 3.51. The molecule has 1 aromatic rings. The van der Waals surface area contributed by atoms with E-state index in [9.17, 15) is 0 Å². The molecule has 0 aromatic heterocycles. The number of hydrogen-bond acceptors (Lipinski definition) is 1. The highest BCUT2D eigenvalue weighted by atomic mass is 32.2. The fraction of sp³-hybridized carbons (Fsp3) is 0.333. The third kappa shape index (κ3) is 3.11. The van der Waals surface area contributed by atoms with E-state index in [-0.39, 0.29) is 10.9 Å². The summed E-state index contributed by atoms with van der Waals surface area (Å²) in [5.74, 6) is 0.990.